The third kappa shape index (κ3) is 2.73. The lowest BCUT2D eigenvalue weighted by molar-refractivity contribution is -0.118. The molecule has 0 spiro atoms. The summed E-state index contributed by atoms with van der Waals surface area (Å²) < 4.78 is 5.38. The smallest absolute Gasteiger partial charge is 0.262 e. The van der Waals surface area contributed by atoms with Crippen molar-refractivity contribution in [3.05, 3.63) is 18.2 Å². The van der Waals surface area contributed by atoms with E-state index in [4.69, 9.17) is 4.74 Å². The van der Waals surface area contributed by atoms with Crippen molar-refractivity contribution < 1.29 is 9.53 Å². The van der Waals surface area contributed by atoms with Gasteiger partial charge in [-0.05, 0) is 35.8 Å². The Kier molecular flexibility index (Phi) is 3.54. The van der Waals surface area contributed by atoms with Crippen LogP contribution >= 0.6 is 11.8 Å². The lowest BCUT2D eigenvalue weighted by Crippen LogP contribution is -2.41. The summed E-state index contributed by atoms with van der Waals surface area (Å²) in [5, 5.41) is 6.46. The van der Waals surface area contributed by atoms with E-state index < -0.39 is 0 Å². The summed E-state index contributed by atoms with van der Waals surface area (Å²) in [4.78, 5) is 11.4. The molecule has 0 aromatic heterocycles. The van der Waals surface area contributed by atoms with Crippen molar-refractivity contribution in [1.29, 1.82) is 0 Å². The Bertz CT molecular complexity index is 531. The minimum atomic E-state index is -0.0943. The van der Waals surface area contributed by atoms with Crippen LogP contribution in [0, 0.1) is 5.41 Å². The first kappa shape index (κ1) is 13.6. The first-order valence-corrected chi connectivity index (χ1v) is 8.11. The standard InChI is InChI=1S/C15H20N2O2S/c1-15(2)5-6-20-9-13(15)16-10-3-4-12-11(7-10)17-14(18)8-19-12/h3-4,7,13,16H,5-6,8-9H2,1-2H3,(H,17,18). The summed E-state index contributed by atoms with van der Waals surface area (Å²) in [5.74, 6) is 3.00. The Morgan fingerprint density at radius 1 is 1.45 bits per heavy atom. The molecule has 5 heteroatoms. The maximum absolute atomic E-state index is 11.4. The molecule has 1 unspecified atom stereocenters. The zero-order valence-electron chi connectivity index (χ0n) is 11.9. The van der Waals surface area contributed by atoms with Crippen LogP contribution < -0.4 is 15.4 Å². The number of anilines is 2. The van der Waals surface area contributed by atoms with Crippen molar-refractivity contribution in [2.75, 3.05) is 28.7 Å². The molecule has 1 atom stereocenters. The number of ether oxygens (including phenoxy) is 1. The van der Waals surface area contributed by atoms with Gasteiger partial charge in [0, 0.05) is 17.5 Å². The van der Waals surface area contributed by atoms with E-state index in [0.717, 1.165) is 22.9 Å². The molecule has 2 aliphatic rings. The Hall–Kier alpha value is -1.36. The molecule has 2 heterocycles. The number of carbonyl (C=O) groups excluding carboxylic acids is 1. The van der Waals surface area contributed by atoms with Crippen molar-refractivity contribution in [3.63, 3.8) is 0 Å². The summed E-state index contributed by atoms with van der Waals surface area (Å²) in [5.41, 5.74) is 2.09. The molecule has 1 aromatic carbocycles. The first-order chi connectivity index (χ1) is 9.54. The van der Waals surface area contributed by atoms with Crippen LogP contribution in [-0.4, -0.2) is 30.1 Å². The molecule has 20 heavy (non-hydrogen) atoms. The third-order valence-electron chi connectivity index (χ3n) is 4.07. The molecule has 3 rings (SSSR count). The van der Waals surface area contributed by atoms with E-state index in [2.05, 4.69) is 24.5 Å². The monoisotopic (exact) mass is 292 g/mol. The maximum Gasteiger partial charge on any atom is 0.262 e. The normalized spacial score (nSPS) is 24.3. The van der Waals surface area contributed by atoms with E-state index in [1.807, 2.05) is 30.0 Å². The topological polar surface area (TPSA) is 50.4 Å². The van der Waals surface area contributed by atoms with Crippen molar-refractivity contribution in [2.24, 2.45) is 5.41 Å². The average molecular weight is 292 g/mol. The van der Waals surface area contributed by atoms with Crippen molar-refractivity contribution >= 4 is 29.0 Å². The van der Waals surface area contributed by atoms with E-state index in [-0.39, 0.29) is 12.5 Å². The van der Waals surface area contributed by atoms with Gasteiger partial charge in [0.1, 0.15) is 5.75 Å². The number of nitrogens with one attached hydrogen (secondary N) is 2. The second-order valence-corrected chi connectivity index (χ2v) is 7.21. The molecule has 1 fully saturated rings. The molecule has 4 nitrogen and oxygen atoms in total. The van der Waals surface area contributed by atoms with Crippen LogP contribution in [0.4, 0.5) is 11.4 Å². The van der Waals surface area contributed by atoms with Crippen LogP contribution in [0.3, 0.4) is 0 Å². The lowest BCUT2D eigenvalue weighted by Gasteiger charge is -2.39. The molecule has 1 aromatic rings. The van der Waals surface area contributed by atoms with Gasteiger partial charge in [-0.3, -0.25) is 4.79 Å². The maximum atomic E-state index is 11.4. The third-order valence-corrected chi connectivity index (χ3v) is 5.13. The first-order valence-electron chi connectivity index (χ1n) is 6.96. The summed E-state index contributed by atoms with van der Waals surface area (Å²) in [6.45, 7) is 4.73. The number of carbonyl (C=O) groups is 1. The second kappa shape index (κ2) is 5.20. The Labute approximate surface area is 123 Å². The molecule has 108 valence electrons. The van der Waals surface area contributed by atoms with Gasteiger partial charge in [0.25, 0.3) is 5.91 Å². The number of rotatable bonds is 2. The number of benzene rings is 1. The number of hydrogen-bond donors (Lipinski definition) is 2. The van der Waals surface area contributed by atoms with E-state index >= 15 is 0 Å². The van der Waals surface area contributed by atoms with Gasteiger partial charge >= 0.3 is 0 Å². The van der Waals surface area contributed by atoms with E-state index in [1.54, 1.807) is 0 Å². The van der Waals surface area contributed by atoms with Crippen LogP contribution in [-0.2, 0) is 4.79 Å². The number of amides is 1. The molecule has 1 amide bonds. The van der Waals surface area contributed by atoms with E-state index in [9.17, 15) is 4.79 Å². The minimum absolute atomic E-state index is 0.0943. The van der Waals surface area contributed by atoms with Gasteiger partial charge in [-0.1, -0.05) is 13.8 Å². The molecule has 2 N–H and O–H groups in total. The van der Waals surface area contributed by atoms with Crippen LogP contribution in [0.15, 0.2) is 18.2 Å². The molecule has 0 radical (unpaired) electrons. The summed E-state index contributed by atoms with van der Waals surface area (Å²) >= 11 is 2.00. The van der Waals surface area contributed by atoms with Gasteiger partial charge < -0.3 is 15.4 Å². The van der Waals surface area contributed by atoms with E-state index in [1.165, 1.54) is 12.2 Å². The van der Waals surface area contributed by atoms with Gasteiger partial charge in [0.2, 0.25) is 0 Å². The van der Waals surface area contributed by atoms with Crippen LogP contribution in [0.2, 0.25) is 0 Å². The fourth-order valence-electron chi connectivity index (χ4n) is 2.55. The fraction of sp³-hybridized carbons (Fsp3) is 0.533. The quantitative estimate of drug-likeness (QED) is 0.880. The van der Waals surface area contributed by atoms with Crippen molar-refractivity contribution in [3.8, 4) is 5.75 Å². The number of fused-ring (bicyclic) bond motifs is 1. The molecule has 2 aliphatic heterocycles. The van der Waals surface area contributed by atoms with Gasteiger partial charge in [-0.25, -0.2) is 0 Å². The second-order valence-electron chi connectivity index (χ2n) is 6.06. The highest BCUT2D eigenvalue weighted by Gasteiger charge is 2.32. The highest BCUT2D eigenvalue weighted by molar-refractivity contribution is 7.99. The van der Waals surface area contributed by atoms with Crippen LogP contribution in [0.5, 0.6) is 5.75 Å². The molecular formula is C15H20N2O2S. The SMILES string of the molecule is CC1(C)CCSCC1Nc1ccc2c(c1)NC(=O)CO2. The summed E-state index contributed by atoms with van der Waals surface area (Å²) in [6.07, 6.45) is 1.22. The number of hydrogen-bond acceptors (Lipinski definition) is 4. The van der Waals surface area contributed by atoms with E-state index in [0.29, 0.717) is 11.5 Å². The van der Waals surface area contributed by atoms with Crippen LogP contribution in [0.25, 0.3) is 0 Å². The zero-order valence-corrected chi connectivity index (χ0v) is 12.7. The van der Waals surface area contributed by atoms with Crippen molar-refractivity contribution in [1.82, 2.24) is 0 Å². The lowest BCUT2D eigenvalue weighted by atomic mass is 9.82. The van der Waals surface area contributed by atoms with Crippen LogP contribution in [0.1, 0.15) is 20.3 Å². The molecule has 0 saturated carbocycles. The Morgan fingerprint density at radius 3 is 3.10 bits per heavy atom. The Balaban J connectivity index is 1.78. The average Bonchev–Trinajstić information content (AvgIpc) is 2.40. The summed E-state index contributed by atoms with van der Waals surface area (Å²) in [7, 11) is 0. The Morgan fingerprint density at radius 2 is 2.30 bits per heavy atom. The van der Waals surface area contributed by atoms with Gasteiger partial charge in [-0.15, -0.1) is 0 Å². The predicted molar refractivity (Wildman–Crippen MR) is 83.7 cm³/mol. The molecular weight excluding hydrogens is 272 g/mol. The molecule has 0 bridgehead atoms. The summed E-state index contributed by atoms with van der Waals surface area (Å²) in [6, 6.07) is 6.34. The largest absolute Gasteiger partial charge is 0.482 e. The fourth-order valence-corrected chi connectivity index (χ4v) is 4.15. The highest BCUT2D eigenvalue weighted by atomic mass is 32.2. The van der Waals surface area contributed by atoms with Gasteiger partial charge in [0.15, 0.2) is 6.61 Å². The highest BCUT2D eigenvalue weighted by Crippen LogP contribution is 2.37. The van der Waals surface area contributed by atoms with Gasteiger partial charge in [0.05, 0.1) is 5.69 Å². The molecule has 1 saturated heterocycles. The number of thioether (sulfide) groups is 1. The zero-order chi connectivity index (χ0) is 14.2. The predicted octanol–water partition coefficient (Wildman–Crippen LogP) is 2.96. The van der Waals surface area contributed by atoms with Gasteiger partial charge in [-0.2, -0.15) is 11.8 Å². The molecule has 0 aliphatic carbocycles. The van der Waals surface area contributed by atoms with Crippen molar-refractivity contribution in [2.45, 2.75) is 26.3 Å². The minimum Gasteiger partial charge on any atom is -0.482 e.